The fraction of sp³-hybridized carbons (Fsp3) is 0.133. The third-order valence-electron chi connectivity index (χ3n) is 6.23. The first-order chi connectivity index (χ1) is 17.5. The van der Waals surface area contributed by atoms with Gasteiger partial charge in [-0.2, -0.15) is 0 Å². The third kappa shape index (κ3) is 4.79. The Bertz CT molecular complexity index is 1550. The minimum atomic E-state index is -0.501. The number of rotatable bonds is 6. The highest BCUT2D eigenvalue weighted by Gasteiger charge is 2.21. The molecule has 0 aliphatic rings. The van der Waals surface area contributed by atoms with E-state index in [9.17, 15) is 9.59 Å². The summed E-state index contributed by atoms with van der Waals surface area (Å²) in [4.78, 5) is 27.3. The molecule has 5 rings (SSSR count). The standard InChI is InChI=1S/C30H28N4O2/c1-22-13-16-26(17-14-22)33(21-25-11-7-4-8-12-25)31-29(35)34-28-19-23(2)15-18-27(28)32(30(34)36)20-24-9-5-3-6-10-24/h3-19H,20-21H2,1-2H3,(H,31,35). The number of aromatic nitrogens is 2. The molecule has 1 heterocycles. The lowest BCUT2D eigenvalue weighted by Crippen LogP contribution is -2.47. The van der Waals surface area contributed by atoms with E-state index in [0.717, 1.165) is 33.5 Å². The summed E-state index contributed by atoms with van der Waals surface area (Å²) in [6.07, 6.45) is 0. The summed E-state index contributed by atoms with van der Waals surface area (Å²) in [7, 11) is 0. The molecule has 6 heteroatoms. The average Bonchev–Trinajstić information content (AvgIpc) is 3.15. The molecule has 0 aliphatic heterocycles. The van der Waals surface area contributed by atoms with Gasteiger partial charge in [0, 0.05) is 0 Å². The number of hydrogen-bond acceptors (Lipinski definition) is 3. The maximum atomic E-state index is 13.7. The summed E-state index contributed by atoms with van der Waals surface area (Å²) < 4.78 is 2.88. The van der Waals surface area contributed by atoms with Crippen molar-refractivity contribution in [2.75, 3.05) is 5.01 Å². The lowest BCUT2D eigenvalue weighted by atomic mass is 10.2. The first-order valence-electron chi connectivity index (χ1n) is 11.9. The Morgan fingerprint density at radius 2 is 1.36 bits per heavy atom. The van der Waals surface area contributed by atoms with E-state index in [1.165, 1.54) is 4.57 Å². The fourth-order valence-corrected chi connectivity index (χ4v) is 4.33. The quantitative estimate of drug-likeness (QED) is 0.322. The van der Waals surface area contributed by atoms with Gasteiger partial charge in [-0.3, -0.25) is 9.58 Å². The van der Waals surface area contributed by atoms with Gasteiger partial charge < -0.3 is 0 Å². The van der Waals surface area contributed by atoms with Crippen LogP contribution < -0.4 is 16.1 Å². The molecule has 0 saturated carbocycles. The van der Waals surface area contributed by atoms with Gasteiger partial charge in [0.25, 0.3) is 0 Å². The summed E-state index contributed by atoms with van der Waals surface area (Å²) in [5.74, 6) is 0. The number of amides is 1. The van der Waals surface area contributed by atoms with Crippen LogP contribution in [0.2, 0.25) is 0 Å². The number of benzene rings is 4. The molecule has 0 radical (unpaired) electrons. The Hall–Kier alpha value is -4.58. The number of anilines is 1. The van der Waals surface area contributed by atoms with Gasteiger partial charge >= 0.3 is 11.7 Å². The molecule has 1 aromatic heterocycles. The van der Waals surface area contributed by atoms with Crippen molar-refractivity contribution >= 4 is 22.8 Å². The maximum absolute atomic E-state index is 13.7. The molecule has 0 spiro atoms. The van der Waals surface area contributed by atoms with E-state index in [0.29, 0.717) is 18.6 Å². The molecule has 180 valence electrons. The lowest BCUT2D eigenvalue weighted by molar-refractivity contribution is 0.241. The van der Waals surface area contributed by atoms with Crippen molar-refractivity contribution in [3.63, 3.8) is 0 Å². The van der Waals surface area contributed by atoms with Crippen LogP contribution in [0.4, 0.5) is 10.5 Å². The highest BCUT2D eigenvalue weighted by atomic mass is 16.2. The zero-order valence-corrected chi connectivity index (χ0v) is 20.4. The Morgan fingerprint density at radius 3 is 2.03 bits per heavy atom. The molecular weight excluding hydrogens is 448 g/mol. The van der Waals surface area contributed by atoms with Crippen LogP contribution in [0.1, 0.15) is 22.3 Å². The number of carbonyl (C=O) groups excluding carboxylic acids is 1. The topological polar surface area (TPSA) is 59.3 Å². The van der Waals surface area contributed by atoms with Crippen LogP contribution in [-0.4, -0.2) is 15.2 Å². The van der Waals surface area contributed by atoms with Crippen LogP contribution in [0.5, 0.6) is 0 Å². The number of nitrogens with zero attached hydrogens (tertiary/aromatic N) is 3. The smallest absolute Gasteiger partial charge is 0.287 e. The molecule has 0 unspecified atom stereocenters. The van der Waals surface area contributed by atoms with E-state index in [1.807, 2.05) is 117 Å². The predicted octanol–water partition coefficient (Wildman–Crippen LogP) is 5.65. The van der Waals surface area contributed by atoms with Crippen LogP contribution in [0, 0.1) is 13.8 Å². The number of carbonyl (C=O) groups is 1. The summed E-state index contributed by atoms with van der Waals surface area (Å²) in [5.41, 5.74) is 8.87. The molecule has 1 amide bonds. The molecule has 36 heavy (non-hydrogen) atoms. The maximum Gasteiger partial charge on any atom is 0.349 e. The largest absolute Gasteiger partial charge is 0.349 e. The summed E-state index contributed by atoms with van der Waals surface area (Å²) in [5, 5.41) is 1.78. The predicted molar refractivity (Wildman–Crippen MR) is 144 cm³/mol. The summed E-state index contributed by atoms with van der Waals surface area (Å²) in [6.45, 7) is 4.80. The lowest BCUT2D eigenvalue weighted by Gasteiger charge is -2.25. The molecule has 0 bridgehead atoms. The van der Waals surface area contributed by atoms with E-state index in [1.54, 1.807) is 9.58 Å². The number of nitrogens with one attached hydrogen (secondary N) is 1. The van der Waals surface area contributed by atoms with Crippen LogP contribution in [0.25, 0.3) is 11.0 Å². The molecule has 4 aromatic carbocycles. The van der Waals surface area contributed by atoms with Gasteiger partial charge in [-0.15, -0.1) is 0 Å². The zero-order chi connectivity index (χ0) is 25.1. The monoisotopic (exact) mass is 476 g/mol. The first kappa shape index (κ1) is 23.2. The molecule has 0 aliphatic carbocycles. The second-order valence-electron chi connectivity index (χ2n) is 9.01. The normalized spacial score (nSPS) is 10.9. The molecule has 0 saturated heterocycles. The number of hydrazine groups is 1. The Morgan fingerprint density at radius 1 is 0.750 bits per heavy atom. The number of fused-ring (bicyclic) bond motifs is 1. The van der Waals surface area contributed by atoms with Gasteiger partial charge in [0.1, 0.15) is 0 Å². The Kier molecular flexibility index (Phi) is 6.41. The van der Waals surface area contributed by atoms with Crippen molar-refractivity contribution in [3.05, 3.63) is 136 Å². The van der Waals surface area contributed by atoms with Gasteiger partial charge in [-0.25, -0.2) is 19.6 Å². The van der Waals surface area contributed by atoms with E-state index in [4.69, 9.17) is 0 Å². The van der Waals surface area contributed by atoms with Gasteiger partial charge in [0.15, 0.2) is 0 Å². The molecule has 6 nitrogen and oxygen atoms in total. The first-order valence-corrected chi connectivity index (χ1v) is 11.9. The minimum absolute atomic E-state index is 0.375. The molecule has 5 aromatic rings. The van der Waals surface area contributed by atoms with Crippen LogP contribution >= 0.6 is 0 Å². The van der Waals surface area contributed by atoms with Crippen LogP contribution in [-0.2, 0) is 13.1 Å². The summed E-state index contributed by atoms with van der Waals surface area (Å²) in [6, 6.07) is 32.9. The highest BCUT2D eigenvalue weighted by Crippen LogP contribution is 2.19. The van der Waals surface area contributed by atoms with Crippen molar-refractivity contribution in [3.8, 4) is 0 Å². The van der Waals surface area contributed by atoms with E-state index < -0.39 is 6.03 Å². The number of aryl methyl sites for hydroxylation is 2. The number of imidazole rings is 1. The van der Waals surface area contributed by atoms with Crippen molar-refractivity contribution in [2.45, 2.75) is 26.9 Å². The molecule has 0 fully saturated rings. The van der Waals surface area contributed by atoms with Crippen molar-refractivity contribution in [1.82, 2.24) is 14.6 Å². The molecule has 1 N–H and O–H groups in total. The van der Waals surface area contributed by atoms with E-state index in [2.05, 4.69) is 5.43 Å². The Labute approximate surface area is 210 Å². The van der Waals surface area contributed by atoms with Crippen molar-refractivity contribution < 1.29 is 4.79 Å². The molecule has 0 atom stereocenters. The van der Waals surface area contributed by atoms with Crippen molar-refractivity contribution in [2.24, 2.45) is 0 Å². The van der Waals surface area contributed by atoms with E-state index >= 15 is 0 Å². The third-order valence-corrected chi connectivity index (χ3v) is 6.23. The van der Waals surface area contributed by atoms with Crippen LogP contribution in [0.15, 0.2) is 108 Å². The SMILES string of the molecule is Cc1ccc(N(Cc2ccccc2)NC(=O)n2c(=O)n(Cc3ccccc3)c3ccc(C)cc32)cc1. The van der Waals surface area contributed by atoms with E-state index in [-0.39, 0.29) is 5.69 Å². The van der Waals surface area contributed by atoms with Gasteiger partial charge in [0.05, 0.1) is 29.8 Å². The average molecular weight is 477 g/mol. The zero-order valence-electron chi connectivity index (χ0n) is 20.4. The highest BCUT2D eigenvalue weighted by molar-refractivity contribution is 5.90. The van der Waals surface area contributed by atoms with Gasteiger partial charge in [0.2, 0.25) is 0 Å². The molecular formula is C30H28N4O2. The van der Waals surface area contributed by atoms with Crippen molar-refractivity contribution in [1.29, 1.82) is 0 Å². The van der Waals surface area contributed by atoms with Gasteiger partial charge in [-0.05, 0) is 54.8 Å². The number of hydrogen-bond donors (Lipinski definition) is 1. The second-order valence-corrected chi connectivity index (χ2v) is 9.01. The Balaban J connectivity index is 1.54. The fourth-order valence-electron chi connectivity index (χ4n) is 4.33. The second kappa shape index (κ2) is 9.96. The summed E-state index contributed by atoms with van der Waals surface area (Å²) >= 11 is 0. The van der Waals surface area contributed by atoms with Crippen LogP contribution in [0.3, 0.4) is 0 Å². The minimum Gasteiger partial charge on any atom is -0.287 e. The van der Waals surface area contributed by atoms with Gasteiger partial charge in [-0.1, -0.05) is 84.4 Å².